The lowest BCUT2D eigenvalue weighted by Crippen LogP contribution is -2.50. The molecule has 1 atom stereocenters. The van der Waals surface area contributed by atoms with Crippen LogP contribution in [0.2, 0.25) is 0 Å². The summed E-state index contributed by atoms with van der Waals surface area (Å²) in [6, 6.07) is 7.68. The van der Waals surface area contributed by atoms with Gasteiger partial charge in [-0.3, -0.25) is 4.90 Å². The first-order valence-electron chi connectivity index (χ1n) is 8.98. The highest BCUT2D eigenvalue weighted by molar-refractivity contribution is 5.53. The van der Waals surface area contributed by atoms with E-state index in [4.69, 9.17) is 5.41 Å². The van der Waals surface area contributed by atoms with Crippen molar-refractivity contribution in [2.24, 2.45) is 0 Å². The first-order valence-corrected chi connectivity index (χ1v) is 8.98. The van der Waals surface area contributed by atoms with E-state index in [1.54, 1.807) is 6.21 Å². The molecule has 1 aliphatic heterocycles. The van der Waals surface area contributed by atoms with E-state index in [-0.39, 0.29) is 6.61 Å². The van der Waals surface area contributed by atoms with Gasteiger partial charge in [0.2, 0.25) is 0 Å². The molecule has 1 unspecified atom stereocenters. The molecule has 1 aliphatic carbocycles. The first kappa shape index (κ1) is 16.6. The van der Waals surface area contributed by atoms with Crippen molar-refractivity contribution in [2.45, 2.75) is 57.2 Å². The monoisotopic (exact) mass is 315 g/mol. The average Bonchev–Trinajstić information content (AvgIpc) is 2.62. The van der Waals surface area contributed by atoms with Crippen LogP contribution in [0.15, 0.2) is 18.2 Å². The Morgan fingerprint density at radius 2 is 2.00 bits per heavy atom. The molecule has 0 amide bonds. The van der Waals surface area contributed by atoms with Crippen LogP contribution < -0.4 is 5.32 Å². The van der Waals surface area contributed by atoms with Gasteiger partial charge in [0, 0.05) is 18.6 Å². The van der Waals surface area contributed by atoms with E-state index < -0.39 is 0 Å². The number of piperidine rings is 1. The summed E-state index contributed by atoms with van der Waals surface area (Å²) >= 11 is 0. The highest BCUT2D eigenvalue weighted by Crippen LogP contribution is 2.28. The minimum absolute atomic E-state index is 0.129. The van der Waals surface area contributed by atoms with E-state index in [2.05, 4.69) is 28.4 Å². The summed E-state index contributed by atoms with van der Waals surface area (Å²) in [6.45, 7) is 3.37. The number of hydrogen-bond acceptors (Lipinski definition) is 4. The zero-order valence-corrected chi connectivity index (χ0v) is 13.9. The van der Waals surface area contributed by atoms with Crippen molar-refractivity contribution in [2.75, 3.05) is 19.6 Å². The lowest BCUT2D eigenvalue weighted by Gasteiger charge is -2.42. The van der Waals surface area contributed by atoms with Gasteiger partial charge in [-0.25, -0.2) is 0 Å². The topological polar surface area (TPSA) is 59.4 Å². The molecule has 0 saturated carbocycles. The summed E-state index contributed by atoms with van der Waals surface area (Å²) < 4.78 is 0. The van der Waals surface area contributed by atoms with Crippen molar-refractivity contribution in [1.29, 1.82) is 5.41 Å². The van der Waals surface area contributed by atoms with Gasteiger partial charge in [-0.15, -0.1) is 0 Å². The lowest BCUT2D eigenvalue weighted by atomic mass is 9.85. The molecule has 0 bridgehead atoms. The molecule has 0 spiro atoms. The van der Waals surface area contributed by atoms with Crippen LogP contribution in [0.3, 0.4) is 0 Å². The summed E-state index contributed by atoms with van der Waals surface area (Å²) in [4.78, 5) is 2.68. The largest absolute Gasteiger partial charge is 0.392 e. The summed E-state index contributed by atoms with van der Waals surface area (Å²) in [7, 11) is 0. The van der Waals surface area contributed by atoms with Gasteiger partial charge < -0.3 is 15.8 Å². The van der Waals surface area contributed by atoms with E-state index in [0.717, 1.165) is 44.5 Å². The highest BCUT2D eigenvalue weighted by atomic mass is 16.3. The Hall–Kier alpha value is -1.23. The number of nitrogens with zero attached hydrogens (tertiary/aromatic N) is 1. The fourth-order valence-electron chi connectivity index (χ4n) is 4.19. The maximum Gasteiger partial charge on any atom is 0.0681 e. The Morgan fingerprint density at radius 3 is 2.74 bits per heavy atom. The molecule has 4 heteroatoms. The quantitative estimate of drug-likeness (QED) is 0.705. The molecule has 1 fully saturated rings. The molecule has 4 nitrogen and oxygen atoms in total. The Bertz CT molecular complexity index is 525. The Kier molecular flexibility index (Phi) is 5.81. The normalized spacial score (nSPS) is 22.1. The minimum atomic E-state index is 0.129. The maximum atomic E-state index is 9.39. The molecular formula is C19H29N3O. The summed E-state index contributed by atoms with van der Waals surface area (Å²) in [6.07, 6.45) is 8.28. The molecule has 1 heterocycles. The molecule has 1 aromatic rings. The average molecular weight is 315 g/mol. The van der Waals surface area contributed by atoms with Crippen molar-refractivity contribution in [3.8, 4) is 0 Å². The van der Waals surface area contributed by atoms with Crippen LogP contribution in [-0.2, 0) is 19.4 Å². The number of aryl methyl sites for hydroxylation is 1. The Balaban J connectivity index is 1.75. The van der Waals surface area contributed by atoms with E-state index >= 15 is 0 Å². The van der Waals surface area contributed by atoms with Crippen LogP contribution in [0.1, 0.15) is 42.4 Å². The molecule has 0 radical (unpaired) electrons. The van der Waals surface area contributed by atoms with E-state index in [1.807, 2.05) is 0 Å². The molecule has 1 aromatic carbocycles. The smallest absolute Gasteiger partial charge is 0.0681 e. The number of aliphatic hydroxyl groups excluding tert-OH is 1. The van der Waals surface area contributed by atoms with Crippen LogP contribution in [0, 0.1) is 5.41 Å². The molecule has 3 N–H and O–H groups in total. The van der Waals surface area contributed by atoms with E-state index in [1.165, 1.54) is 30.4 Å². The standard InChI is InChI=1S/C19H29N3O/c20-8-1-11-22(18-6-9-21-10-7-18)19-5-4-16-3-2-15(14-23)12-17(16)13-19/h2-3,8,12,18-21,23H,1,4-7,9-11,13-14H2. The predicted molar refractivity (Wildman–Crippen MR) is 94.2 cm³/mol. The Labute approximate surface area is 139 Å². The minimum Gasteiger partial charge on any atom is -0.392 e. The van der Waals surface area contributed by atoms with Gasteiger partial charge in [-0.05, 0) is 74.5 Å². The van der Waals surface area contributed by atoms with Gasteiger partial charge in [-0.1, -0.05) is 18.2 Å². The maximum absolute atomic E-state index is 9.39. The number of fused-ring (bicyclic) bond motifs is 1. The van der Waals surface area contributed by atoms with E-state index in [9.17, 15) is 5.11 Å². The SMILES string of the molecule is N=CCCN(C1CCNCC1)C1CCc2ccc(CO)cc2C1. The molecule has 1 saturated heterocycles. The number of nitrogens with one attached hydrogen (secondary N) is 2. The van der Waals surface area contributed by atoms with Crippen molar-refractivity contribution < 1.29 is 5.11 Å². The summed E-state index contributed by atoms with van der Waals surface area (Å²) in [5, 5.41) is 20.3. The second-order valence-corrected chi connectivity index (χ2v) is 6.87. The van der Waals surface area contributed by atoms with Gasteiger partial charge in [-0.2, -0.15) is 0 Å². The van der Waals surface area contributed by atoms with Gasteiger partial charge in [0.1, 0.15) is 0 Å². The van der Waals surface area contributed by atoms with Crippen LogP contribution in [0.4, 0.5) is 0 Å². The van der Waals surface area contributed by atoms with Crippen molar-refractivity contribution in [3.05, 3.63) is 34.9 Å². The summed E-state index contributed by atoms with van der Waals surface area (Å²) in [5.41, 5.74) is 3.90. The van der Waals surface area contributed by atoms with Gasteiger partial charge >= 0.3 is 0 Å². The zero-order valence-electron chi connectivity index (χ0n) is 13.9. The van der Waals surface area contributed by atoms with Crippen molar-refractivity contribution >= 4 is 6.21 Å². The van der Waals surface area contributed by atoms with Crippen LogP contribution in [0.25, 0.3) is 0 Å². The van der Waals surface area contributed by atoms with Crippen LogP contribution in [0.5, 0.6) is 0 Å². The third-order valence-electron chi connectivity index (χ3n) is 5.43. The van der Waals surface area contributed by atoms with Crippen LogP contribution >= 0.6 is 0 Å². The zero-order chi connectivity index (χ0) is 16.1. The molecule has 0 aromatic heterocycles. The molecule has 23 heavy (non-hydrogen) atoms. The number of hydrogen-bond donors (Lipinski definition) is 3. The number of rotatable bonds is 6. The number of aliphatic hydroxyl groups is 1. The lowest BCUT2D eigenvalue weighted by molar-refractivity contribution is 0.102. The molecule has 3 rings (SSSR count). The predicted octanol–water partition coefficient (Wildman–Crippen LogP) is 2.13. The molecular weight excluding hydrogens is 286 g/mol. The summed E-state index contributed by atoms with van der Waals surface area (Å²) in [5.74, 6) is 0. The van der Waals surface area contributed by atoms with Crippen molar-refractivity contribution in [1.82, 2.24) is 10.2 Å². The number of benzene rings is 1. The second-order valence-electron chi connectivity index (χ2n) is 6.87. The second kappa shape index (κ2) is 8.04. The van der Waals surface area contributed by atoms with Crippen LogP contribution in [-0.4, -0.2) is 47.9 Å². The van der Waals surface area contributed by atoms with Gasteiger partial charge in [0.25, 0.3) is 0 Å². The third-order valence-corrected chi connectivity index (χ3v) is 5.43. The Morgan fingerprint density at radius 1 is 1.17 bits per heavy atom. The molecule has 2 aliphatic rings. The van der Waals surface area contributed by atoms with E-state index in [0.29, 0.717) is 12.1 Å². The van der Waals surface area contributed by atoms with Crippen molar-refractivity contribution in [3.63, 3.8) is 0 Å². The highest BCUT2D eigenvalue weighted by Gasteiger charge is 2.29. The van der Waals surface area contributed by atoms with Gasteiger partial charge in [0.05, 0.1) is 6.61 Å². The third kappa shape index (κ3) is 4.00. The fraction of sp³-hybridized carbons (Fsp3) is 0.632. The fourth-order valence-corrected chi connectivity index (χ4v) is 4.19. The first-order chi connectivity index (χ1) is 11.3. The molecule has 126 valence electrons. The van der Waals surface area contributed by atoms with Gasteiger partial charge in [0.15, 0.2) is 0 Å².